The van der Waals surface area contributed by atoms with Crippen molar-refractivity contribution in [1.29, 1.82) is 0 Å². The van der Waals surface area contributed by atoms with E-state index in [0.29, 0.717) is 11.8 Å². The number of hydrogen-bond acceptors (Lipinski definition) is 9. The summed E-state index contributed by atoms with van der Waals surface area (Å²) in [5, 5.41) is 10.9. The molecule has 0 spiro atoms. The molecule has 0 radical (unpaired) electrons. The highest BCUT2D eigenvalue weighted by molar-refractivity contribution is 8.13. The first-order chi connectivity index (χ1) is 19.7. The van der Waals surface area contributed by atoms with E-state index in [0.717, 1.165) is 6.92 Å². The van der Waals surface area contributed by atoms with Gasteiger partial charge in [0.25, 0.3) is 0 Å². The predicted molar refractivity (Wildman–Crippen MR) is 144 cm³/mol. The lowest BCUT2D eigenvalue weighted by molar-refractivity contribution is -0.221. The molecule has 3 saturated carbocycles. The molecule has 228 valence electrons. The van der Waals surface area contributed by atoms with Gasteiger partial charge in [-0.1, -0.05) is 19.9 Å². The van der Waals surface area contributed by atoms with Crippen LogP contribution < -0.4 is 0 Å². The van der Waals surface area contributed by atoms with Crippen LogP contribution in [0.15, 0.2) is 46.6 Å². The average Bonchev–Trinajstić information content (AvgIpc) is 3.54. The summed E-state index contributed by atoms with van der Waals surface area (Å²) < 4.78 is 63.5. The van der Waals surface area contributed by atoms with E-state index in [1.807, 2.05) is 0 Å². The zero-order valence-corrected chi connectivity index (χ0v) is 24.4. The highest BCUT2D eigenvalue weighted by atomic mass is 32.2. The first-order valence-electron chi connectivity index (χ1n) is 13.8. The number of Topliss-reactive ketones (excluding diaryl/α,β-unsaturated/α-hetero) is 1. The maximum Gasteiger partial charge on any atom is 0.375 e. The number of allylic oxidation sites excluding steroid dienone is 2. The highest BCUT2D eigenvalue weighted by Crippen LogP contribution is 2.72. The van der Waals surface area contributed by atoms with Crippen LogP contribution in [0.5, 0.6) is 0 Å². The largest absolute Gasteiger partial charge is 0.457 e. The van der Waals surface area contributed by atoms with E-state index in [9.17, 15) is 28.7 Å². The highest BCUT2D eigenvalue weighted by Gasteiger charge is 2.78. The number of ketones is 1. The number of hydrogen-bond donors (Lipinski definition) is 1. The van der Waals surface area contributed by atoms with Gasteiger partial charge in [0.15, 0.2) is 11.3 Å². The predicted octanol–water partition coefficient (Wildman–Crippen LogP) is 4.86. The third-order valence-electron chi connectivity index (χ3n) is 10.2. The Hall–Kier alpha value is -2.86. The van der Waals surface area contributed by atoms with Crippen molar-refractivity contribution in [3.05, 3.63) is 48.0 Å². The number of alkyl halides is 3. The Morgan fingerprint density at radius 3 is 2.52 bits per heavy atom. The summed E-state index contributed by atoms with van der Waals surface area (Å²) in [6, 6.07) is 1.72. The molecule has 0 aliphatic heterocycles. The second kappa shape index (κ2) is 10.4. The second-order valence-electron chi connectivity index (χ2n) is 12.2. The van der Waals surface area contributed by atoms with Gasteiger partial charge in [-0.25, -0.2) is 22.8 Å². The monoisotopic (exact) mass is 610 g/mol. The van der Waals surface area contributed by atoms with Crippen molar-refractivity contribution in [2.75, 3.05) is 6.01 Å². The number of fused-ring (bicyclic) bond motifs is 5. The van der Waals surface area contributed by atoms with Crippen LogP contribution in [-0.4, -0.2) is 63.6 Å². The van der Waals surface area contributed by atoms with Crippen LogP contribution in [0.3, 0.4) is 0 Å². The van der Waals surface area contributed by atoms with Gasteiger partial charge in [0, 0.05) is 29.6 Å². The standard InChI is InChI=1S/C30H33F3O8S/c1-15-10-18-19-12-21(32)20-11-17(40-24(36)16(2)34)7-8-27(20,3)29(19,33)23(35)13-28(18,4)30(15,26(38)42-14-31)41-25(37)22-6-5-9-39-22/h5-9,11,15,17-19,21,23,35H,10,12-14H2,1-4H3/t15-,17?,18+,19+,21+,23+,27+,28+,29+,30+/m1/s1. The number of halogens is 3. The van der Waals surface area contributed by atoms with E-state index in [1.165, 1.54) is 43.5 Å². The normalized spacial score (nSPS) is 42.0. The topological polar surface area (TPSA) is 120 Å². The molecule has 1 unspecified atom stereocenters. The van der Waals surface area contributed by atoms with Crippen LogP contribution >= 0.6 is 11.8 Å². The molecular weight excluding hydrogens is 577 g/mol. The van der Waals surface area contributed by atoms with Gasteiger partial charge in [-0.15, -0.1) is 0 Å². The van der Waals surface area contributed by atoms with Gasteiger partial charge >= 0.3 is 11.9 Å². The van der Waals surface area contributed by atoms with Gasteiger partial charge in [-0.3, -0.25) is 9.59 Å². The molecule has 8 nitrogen and oxygen atoms in total. The molecule has 1 aromatic heterocycles. The van der Waals surface area contributed by atoms with E-state index in [4.69, 9.17) is 13.9 Å². The van der Waals surface area contributed by atoms with Crippen molar-refractivity contribution < 1.29 is 51.3 Å². The van der Waals surface area contributed by atoms with Gasteiger partial charge in [0.1, 0.15) is 18.3 Å². The Balaban J connectivity index is 1.57. The SMILES string of the molecule is CC(=O)C(=O)OC1C=C[C@@]2(C)C(=C1)[C@@H](F)C[C@H]1[C@@H]3C[C@@H](C)[C@](OC(=O)c4ccco4)(C(=O)SCF)[C@@]3(C)C[C@H](O)[C@@]12F. The summed E-state index contributed by atoms with van der Waals surface area (Å²) in [5.41, 5.74) is -7.44. The van der Waals surface area contributed by atoms with Gasteiger partial charge < -0.3 is 19.0 Å². The van der Waals surface area contributed by atoms with E-state index in [1.54, 1.807) is 13.8 Å². The van der Waals surface area contributed by atoms with Gasteiger partial charge in [-0.2, -0.15) is 0 Å². The van der Waals surface area contributed by atoms with Crippen LogP contribution in [-0.2, 0) is 23.9 Å². The van der Waals surface area contributed by atoms with Crippen molar-refractivity contribution in [2.24, 2.45) is 28.6 Å². The molecule has 42 heavy (non-hydrogen) atoms. The molecule has 4 aliphatic rings. The number of thioether (sulfide) groups is 1. The van der Waals surface area contributed by atoms with Crippen molar-refractivity contribution in [1.82, 2.24) is 0 Å². The maximum absolute atomic E-state index is 17.7. The van der Waals surface area contributed by atoms with E-state index in [2.05, 4.69) is 0 Å². The number of carbonyl (C=O) groups excluding carboxylic acids is 4. The summed E-state index contributed by atoms with van der Waals surface area (Å²) in [6.45, 7) is 5.77. The minimum Gasteiger partial charge on any atom is -0.457 e. The number of rotatable bonds is 6. The minimum atomic E-state index is -2.42. The lowest BCUT2D eigenvalue weighted by atomic mass is 9.44. The second-order valence-corrected chi connectivity index (χ2v) is 13.1. The molecule has 12 heteroatoms. The van der Waals surface area contributed by atoms with Crippen LogP contribution in [0.2, 0.25) is 0 Å². The summed E-state index contributed by atoms with van der Waals surface area (Å²) in [5.74, 6) is -5.70. The molecule has 0 saturated heterocycles. The van der Waals surface area contributed by atoms with Crippen molar-refractivity contribution in [3.63, 3.8) is 0 Å². The minimum absolute atomic E-state index is 0.0154. The summed E-state index contributed by atoms with van der Waals surface area (Å²) in [6.07, 6.45) is 0.146. The maximum atomic E-state index is 17.7. The summed E-state index contributed by atoms with van der Waals surface area (Å²) in [7, 11) is 0. The number of carbonyl (C=O) groups is 4. The fourth-order valence-electron chi connectivity index (χ4n) is 8.35. The Bertz CT molecular complexity index is 1360. The molecule has 10 atom stereocenters. The number of aliphatic hydroxyl groups is 1. The molecular formula is C30H33F3O8S. The third-order valence-corrected chi connectivity index (χ3v) is 10.9. The molecule has 0 bridgehead atoms. The van der Waals surface area contributed by atoms with Crippen molar-refractivity contribution >= 4 is 34.6 Å². The fourth-order valence-corrected chi connectivity index (χ4v) is 9.14. The molecule has 0 aromatic carbocycles. The Morgan fingerprint density at radius 1 is 1.19 bits per heavy atom. The molecule has 5 rings (SSSR count). The average molecular weight is 611 g/mol. The van der Waals surface area contributed by atoms with E-state index >= 15 is 8.78 Å². The Labute approximate surface area is 245 Å². The molecule has 1 N–H and O–H groups in total. The smallest absolute Gasteiger partial charge is 0.375 e. The van der Waals surface area contributed by atoms with Crippen LogP contribution in [0.25, 0.3) is 0 Å². The fraction of sp³-hybridized carbons (Fsp3) is 0.600. The Morgan fingerprint density at radius 2 is 1.90 bits per heavy atom. The van der Waals surface area contributed by atoms with Crippen molar-refractivity contribution in [2.45, 2.75) is 76.6 Å². The van der Waals surface area contributed by atoms with Crippen molar-refractivity contribution in [3.8, 4) is 0 Å². The molecule has 3 fully saturated rings. The number of esters is 2. The van der Waals surface area contributed by atoms with Gasteiger partial charge in [-0.05, 0) is 73.7 Å². The van der Waals surface area contributed by atoms with Crippen LogP contribution in [0.1, 0.15) is 57.5 Å². The first kappa shape index (κ1) is 30.6. The van der Waals surface area contributed by atoms with E-state index < -0.39 is 87.1 Å². The molecule has 4 aliphatic carbocycles. The number of aliphatic hydroxyl groups excluding tert-OH is 1. The zero-order valence-electron chi connectivity index (χ0n) is 23.6. The quantitative estimate of drug-likeness (QED) is 0.274. The lowest BCUT2D eigenvalue weighted by Crippen LogP contribution is -2.70. The molecule has 1 heterocycles. The van der Waals surface area contributed by atoms with Crippen LogP contribution in [0, 0.1) is 28.6 Å². The van der Waals surface area contributed by atoms with Crippen LogP contribution in [0.4, 0.5) is 13.2 Å². The number of furan rings is 1. The van der Waals surface area contributed by atoms with Gasteiger partial charge in [0.2, 0.25) is 16.7 Å². The van der Waals surface area contributed by atoms with Gasteiger partial charge in [0.05, 0.1) is 12.4 Å². The Kier molecular flexibility index (Phi) is 7.57. The third kappa shape index (κ3) is 4.07. The van der Waals surface area contributed by atoms with E-state index in [-0.39, 0.29) is 30.6 Å². The molecule has 1 aromatic rings. The summed E-state index contributed by atoms with van der Waals surface area (Å²) >= 11 is 0.331. The summed E-state index contributed by atoms with van der Waals surface area (Å²) in [4.78, 5) is 50.1. The lowest BCUT2D eigenvalue weighted by Gasteiger charge is -2.63. The molecule has 0 amide bonds. The number of ether oxygens (including phenoxy) is 2. The first-order valence-corrected chi connectivity index (χ1v) is 14.8. The zero-order chi connectivity index (χ0) is 30.8.